The second-order valence-corrected chi connectivity index (χ2v) is 8.16. The average molecular weight is 394 g/mol. The molecule has 0 radical (unpaired) electrons. The highest BCUT2D eigenvalue weighted by molar-refractivity contribution is 5.74. The third kappa shape index (κ3) is 3.14. The Morgan fingerprint density at radius 2 is 1.79 bits per heavy atom. The van der Waals surface area contributed by atoms with E-state index in [9.17, 15) is 4.79 Å². The molecule has 1 aliphatic heterocycles. The van der Waals surface area contributed by atoms with Crippen molar-refractivity contribution >= 4 is 22.8 Å². The number of rotatable bonds is 4. The summed E-state index contributed by atoms with van der Waals surface area (Å²) in [4.78, 5) is 31.0. The Kier molecular flexibility index (Phi) is 4.25. The minimum atomic E-state index is -0.0451. The van der Waals surface area contributed by atoms with Gasteiger partial charge in [0.2, 0.25) is 5.95 Å². The van der Waals surface area contributed by atoms with Crippen LogP contribution >= 0.6 is 0 Å². The molecule has 29 heavy (non-hydrogen) atoms. The molecular formula is C20H26N8O. The van der Waals surface area contributed by atoms with E-state index in [1.165, 1.54) is 12.8 Å². The molecule has 3 aromatic heterocycles. The van der Waals surface area contributed by atoms with Gasteiger partial charge in [0.1, 0.15) is 17.5 Å². The number of hydrogen-bond donors (Lipinski definition) is 0. The predicted molar refractivity (Wildman–Crippen MR) is 111 cm³/mol. The Morgan fingerprint density at radius 3 is 2.48 bits per heavy atom. The van der Waals surface area contributed by atoms with Gasteiger partial charge in [-0.15, -0.1) is 0 Å². The van der Waals surface area contributed by atoms with Gasteiger partial charge in [-0.25, -0.2) is 9.97 Å². The standard InChI is InChI=1S/C20H26N8O/c1-13-10-17(22-12-21-13)28(14-4-5-14)15-6-8-27(9-7-15)20-24-18-16(11-23-26(18)3)19(29)25(20)2/h10-12,14-15H,4-9H2,1-3H3. The van der Waals surface area contributed by atoms with Crippen molar-refractivity contribution in [1.82, 2.24) is 29.3 Å². The van der Waals surface area contributed by atoms with Crippen LogP contribution in [0, 0.1) is 6.92 Å². The van der Waals surface area contributed by atoms with Crippen molar-refractivity contribution < 1.29 is 0 Å². The molecule has 0 atom stereocenters. The molecule has 0 unspecified atom stereocenters. The molecule has 0 bridgehead atoms. The number of hydrogen-bond acceptors (Lipinski definition) is 7. The van der Waals surface area contributed by atoms with E-state index in [-0.39, 0.29) is 5.56 Å². The maximum Gasteiger partial charge on any atom is 0.265 e. The Morgan fingerprint density at radius 1 is 1.07 bits per heavy atom. The lowest BCUT2D eigenvalue weighted by molar-refractivity contribution is 0.452. The summed E-state index contributed by atoms with van der Waals surface area (Å²) in [5.41, 5.74) is 1.60. The highest BCUT2D eigenvalue weighted by Gasteiger charge is 2.37. The molecule has 2 aliphatic rings. The number of aromatic nitrogens is 6. The largest absolute Gasteiger partial charge is 0.350 e. The Bertz CT molecular complexity index is 1110. The van der Waals surface area contributed by atoms with Crippen LogP contribution in [0.4, 0.5) is 11.8 Å². The fourth-order valence-corrected chi connectivity index (χ4v) is 4.39. The first-order chi connectivity index (χ1) is 14.0. The molecule has 2 fully saturated rings. The highest BCUT2D eigenvalue weighted by Crippen LogP contribution is 2.35. The SMILES string of the molecule is Cc1cc(N(C2CC2)C2CCN(c3nc4c(cnn4C)c(=O)n3C)CC2)ncn1. The van der Waals surface area contributed by atoms with Crippen LogP contribution < -0.4 is 15.4 Å². The lowest BCUT2D eigenvalue weighted by Gasteiger charge is -2.40. The van der Waals surface area contributed by atoms with Crippen molar-refractivity contribution in [2.45, 2.75) is 44.7 Å². The monoisotopic (exact) mass is 394 g/mol. The second-order valence-electron chi connectivity index (χ2n) is 8.16. The highest BCUT2D eigenvalue weighted by atomic mass is 16.1. The van der Waals surface area contributed by atoms with Crippen molar-refractivity contribution in [1.29, 1.82) is 0 Å². The molecule has 1 aliphatic carbocycles. The molecule has 0 spiro atoms. The number of nitrogens with zero attached hydrogens (tertiary/aromatic N) is 8. The van der Waals surface area contributed by atoms with Gasteiger partial charge in [0.05, 0.1) is 6.20 Å². The van der Waals surface area contributed by atoms with E-state index in [0.29, 0.717) is 23.1 Å². The van der Waals surface area contributed by atoms with E-state index >= 15 is 0 Å². The summed E-state index contributed by atoms with van der Waals surface area (Å²) in [6.45, 7) is 3.74. The summed E-state index contributed by atoms with van der Waals surface area (Å²) in [6, 6.07) is 3.13. The number of piperidine rings is 1. The topological polar surface area (TPSA) is 85.0 Å². The molecule has 9 nitrogen and oxygen atoms in total. The van der Waals surface area contributed by atoms with E-state index in [2.05, 4.69) is 30.9 Å². The van der Waals surface area contributed by atoms with Crippen molar-refractivity contribution in [2.24, 2.45) is 14.1 Å². The van der Waals surface area contributed by atoms with Crippen LogP contribution in [0.3, 0.4) is 0 Å². The smallest absolute Gasteiger partial charge is 0.265 e. The van der Waals surface area contributed by atoms with Crippen LogP contribution in [0.2, 0.25) is 0 Å². The van der Waals surface area contributed by atoms with E-state index in [1.807, 2.05) is 14.0 Å². The maximum atomic E-state index is 12.7. The zero-order valence-electron chi connectivity index (χ0n) is 17.1. The van der Waals surface area contributed by atoms with Crippen LogP contribution in [0.5, 0.6) is 0 Å². The van der Waals surface area contributed by atoms with Gasteiger partial charge in [-0.05, 0) is 32.6 Å². The van der Waals surface area contributed by atoms with Gasteiger partial charge < -0.3 is 9.80 Å². The van der Waals surface area contributed by atoms with Crippen molar-refractivity contribution in [3.8, 4) is 0 Å². The van der Waals surface area contributed by atoms with E-state index in [4.69, 9.17) is 4.98 Å². The fraction of sp³-hybridized carbons (Fsp3) is 0.550. The van der Waals surface area contributed by atoms with E-state index in [0.717, 1.165) is 43.4 Å². The summed E-state index contributed by atoms with van der Waals surface area (Å²) in [7, 11) is 3.62. The van der Waals surface area contributed by atoms with Crippen LogP contribution in [-0.2, 0) is 14.1 Å². The quantitative estimate of drug-likeness (QED) is 0.661. The van der Waals surface area contributed by atoms with Gasteiger partial charge in [0.25, 0.3) is 5.56 Å². The Labute approximate surface area is 169 Å². The van der Waals surface area contributed by atoms with Gasteiger partial charge >= 0.3 is 0 Å². The van der Waals surface area contributed by atoms with Gasteiger partial charge in [-0.3, -0.25) is 14.0 Å². The predicted octanol–water partition coefficient (Wildman–Crippen LogP) is 1.40. The zero-order valence-corrected chi connectivity index (χ0v) is 17.1. The summed E-state index contributed by atoms with van der Waals surface area (Å²) in [5.74, 6) is 1.76. The molecule has 1 saturated carbocycles. The first-order valence-corrected chi connectivity index (χ1v) is 10.2. The number of aryl methyl sites for hydroxylation is 2. The zero-order chi connectivity index (χ0) is 20.1. The third-order valence-electron chi connectivity index (χ3n) is 6.08. The fourth-order valence-electron chi connectivity index (χ4n) is 4.39. The van der Waals surface area contributed by atoms with Crippen LogP contribution in [-0.4, -0.2) is 54.5 Å². The lowest BCUT2D eigenvalue weighted by Crippen LogP contribution is -2.47. The van der Waals surface area contributed by atoms with Crippen molar-refractivity contribution in [3.05, 3.63) is 34.6 Å². The number of anilines is 2. The number of fused-ring (bicyclic) bond motifs is 1. The van der Waals surface area contributed by atoms with Crippen LogP contribution in [0.25, 0.3) is 11.0 Å². The maximum absolute atomic E-state index is 12.7. The van der Waals surface area contributed by atoms with Crippen LogP contribution in [0.15, 0.2) is 23.4 Å². The minimum Gasteiger partial charge on any atom is -0.350 e. The molecule has 5 rings (SSSR count). The molecule has 0 N–H and O–H groups in total. The third-order valence-corrected chi connectivity index (χ3v) is 6.08. The molecule has 0 amide bonds. The van der Waals surface area contributed by atoms with Gasteiger partial charge in [0, 0.05) is 51.0 Å². The molecule has 3 aromatic rings. The molecule has 152 valence electrons. The van der Waals surface area contributed by atoms with Gasteiger partial charge in [-0.2, -0.15) is 10.1 Å². The summed E-state index contributed by atoms with van der Waals surface area (Å²) in [5, 5.41) is 4.75. The molecule has 1 saturated heterocycles. The van der Waals surface area contributed by atoms with Crippen LogP contribution in [0.1, 0.15) is 31.4 Å². The molecule has 9 heteroatoms. The first kappa shape index (κ1) is 18.1. The minimum absolute atomic E-state index is 0.0451. The molecule has 4 heterocycles. The van der Waals surface area contributed by atoms with E-state index in [1.54, 1.807) is 28.8 Å². The summed E-state index contributed by atoms with van der Waals surface area (Å²) >= 11 is 0. The normalized spacial score (nSPS) is 17.8. The lowest BCUT2D eigenvalue weighted by atomic mass is 10.0. The Hall–Kier alpha value is -2.97. The average Bonchev–Trinajstić information content (AvgIpc) is 3.48. The van der Waals surface area contributed by atoms with Crippen molar-refractivity contribution in [2.75, 3.05) is 22.9 Å². The Balaban J connectivity index is 1.39. The van der Waals surface area contributed by atoms with E-state index < -0.39 is 0 Å². The first-order valence-electron chi connectivity index (χ1n) is 10.2. The van der Waals surface area contributed by atoms with Gasteiger partial charge in [-0.1, -0.05) is 0 Å². The van der Waals surface area contributed by atoms with Crippen molar-refractivity contribution in [3.63, 3.8) is 0 Å². The summed E-state index contributed by atoms with van der Waals surface area (Å²) < 4.78 is 3.32. The second kappa shape index (κ2) is 6.82. The van der Waals surface area contributed by atoms with Gasteiger partial charge in [0.15, 0.2) is 5.65 Å². The molecule has 0 aromatic carbocycles. The summed E-state index contributed by atoms with van der Waals surface area (Å²) in [6.07, 6.45) is 7.75. The molecular weight excluding hydrogens is 368 g/mol.